The highest BCUT2D eigenvalue weighted by Crippen LogP contribution is 2.33. The highest BCUT2D eigenvalue weighted by molar-refractivity contribution is 5.91. The molecule has 1 fully saturated rings. The largest absolute Gasteiger partial charge is 0.497 e. The Balaban J connectivity index is 1.73. The van der Waals surface area contributed by atoms with Crippen molar-refractivity contribution in [3.05, 3.63) is 41.7 Å². The fourth-order valence-electron chi connectivity index (χ4n) is 3.25. The van der Waals surface area contributed by atoms with E-state index in [9.17, 15) is 18.4 Å². The molecule has 0 unspecified atom stereocenters. The van der Waals surface area contributed by atoms with Gasteiger partial charge in [-0.3, -0.25) is 9.59 Å². The van der Waals surface area contributed by atoms with Gasteiger partial charge in [0.1, 0.15) is 5.75 Å². The number of nitrogens with one attached hydrogen (secondary N) is 1. The molecule has 10 heteroatoms. The van der Waals surface area contributed by atoms with Crippen LogP contribution in [-0.4, -0.2) is 64.4 Å². The molecule has 1 N–H and O–H groups in total. The van der Waals surface area contributed by atoms with Crippen molar-refractivity contribution in [3.63, 3.8) is 0 Å². The molecule has 0 bridgehead atoms. The Morgan fingerprint density at radius 1 is 1.39 bits per heavy atom. The Hall–Kier alpha value is -3.04. The number of likely N-dealkylation sites (tertiary alicyclic amines) is 1. The third kappa shape index (κ3) is 4.44. The van der Waals surface area contributed by atoms with Gasteiger partial charge in [-0.2, -0.15) is 0 Å². The number of hydrogen-bond acceptors (Lipinski definition) is 5. The molecule has 1 aliphatic heterocycles. The predicted molar refractivity (Wildman–Crippen MR) is 95.2 cm³/mol. The lowest BCUT2D eigenvalue weighted by atomic mass is 10.1. The van der Waals surface area contributed by atoms with Crippen LogP contribution in [0.5, 0.6) is 5.75 Å². The first-order valence-electron chi connectivity index (χ1n) is 8.74. The smallest absolute Gasteiger partial charge is 0.273 e. The number of benzene rings is 1. The third-order valence-corrected chi connectivity index (χ3v) is 4.58. The summed E-state index contributed by atoms with van der Waals surface area (Å²) in [6.07, 6.45) is 0.899. The van der Waals surface area contributed by atoms with E-state index in [2.05, 4.69) is 15.6 Å². The van der Waals surface area contributed by atoms with Crippen LogP contribution < -0.4 is 10.1 Å². The quantitative estimate of drug-likeness (QED) is 0.795. The molecule has 150 valence electrons. The summed E-state index contributed by atoms with van der Waals surface area (Å²) in [7, 11) is 2.97. The second-order valence-electron chi connectivity index (χ2n) is 6.67. The standard InChI is InChI=1S/C18H21F2N5O3/c1-21-17(27)15-10-24(23-22-15)9-13-8-18(19,20)11-25(13)16(26)7-12-4-3-5-14(6-12)28-2/h3-6,10,13H,7-9,11H2,1-2H3,(H,21,27)/t13-/m0/s1. The zero-order valence-electron chi connectivity index (χ0n) is 15.6. The Kier molecular flexibility index (Phi) is 5.57. The number of ether oxygens (including phenoxy) is 1. The van der Waals surface area contributed by atoms with Gasteiger partial charge in [-0.25, -0.2) is 13.5 Å². The molecule has 28 heavy (non-hydrogen) atoms. The van der Waals surface area contributed by atoms with E-state index in [4.69, 9.17) is 4.74 Å². The number of methoxy groups -OCH3 is 1. The fourth-order valence-corrected chi connectivity index (χ4v) is 3.25. The molecule has 1 saturated heterocycles. The number of nitrogens with zero attached hydrogens (tertiary/aromatic N) is 4. The van der Waals surface area contributed by atoms with Crippen molar-refractivity contribution in [2.24, 2.45) is 0 Å². The van der Waals surface area contributed by atoms with Gasteiger partial charge in [-0.1, -0.05) is 17.3 Å². The van der Waals surface area contributed by atoms with Gasteiger partial charge >= 0.3 is 0 Å². The number of carbonyl (C=O) groups excluding carboxylic acids is 2. The zero-order chi connectivity index (χ0) is 20.3. The van der Waals surface area contributed by atoms with Gasteiger partial charge in [-0.05, 0) is 17.7 Å². The molecular formula is C18H21F2N5O3. The molecule has 2 aromatic rings. The fraction of sp³-hybridized carbons (Fsp3) is 0.444. The highest BCUT2D eigenvalue weighted by Gasteiger charge is 2.47. The molecule has 2 amide bonds. The highest BCUT2D eigenvalue weighted by atomic mass is 19.3. The van der Waals surface area contributed by atoms with Gasteiger partial charge in [0.05, 0.1) is 38.9 Å². The maximum atomic E-state index is 14.0. The lowest BCUT2D eigenvalue weighted by Gasteiger charge is -2.24. The minimum atomic E-state index is -2.97. The summed E-state index contributed by atoms with van der Waals surface area (Å²) in [5.41, 5.74) is 0.766. The molecular weight excluding hydrogens is 372 g/mol. The van der Waals surface area contributed by atoms with E-state index in [1.165, 1.54) is 29.9 Å². The van der Waals surface area contributed by atoms with Gasteiger partial charge in [0.25, 0.3) is 11.8 Å². The SMILES string of the molecule is CNC(=O)c1cn(C[C@@H]2CC(F)(F)CN2C(=O)Cc2cccc(OC)c2)nn1. The average Bonchev–Trinajstić information content (AvgIpc) is 3.25. The van der Waals surface area contributed by atoms with E-state index in [1.54, 1.807) is 24.3 Å². The predicted octanol–water partition coefficient (Wildman–Crippen LogP) is 1.13. The number of alkyl halides is 2. The number of hydrogen-bond donors (Lipinski definition) is 1. The first kappa shape index (κ1) is 19.7. The second-order valence-corrected chi connectivity index (χ2v) is 6.67. The number of carbonyl (C=O) groups is 2. The molecule has 1 aromatic carbocycles. The molecule has 0 spiro atoms. The summed E-state index contributed by atoms with van der Waals surface area (Å²) in [6.45, 7) is -0.610. The maximum absolute atomic E-state index is 14.0. The maximum Gasteiger partial charge on any atom is 0.273 e. The van der Waals surface area contributed by atoms with E-state index in [0.717, 1.165) is 0 Å². The van der Waals surface area contributed by atoms with Crippen LogP contribution in [0.15, 0.2) is 30.5 Å². The van der Waals surface area contributed by atoms with Gasteiger partial charge < -0.3 is 15.0 Å². The van der Waals surface area contributed by atoms with Crippen molar-refractivity contribution in [1.29, 1.82) is 0 Å². The lowest BCUT2D eigenvalue weighted by Crippen LogP contribution is -2.39. The van der Waals surface area contributed by atoms with E-state index < -0.39 is 36.7 Å². The molecule has 0 aliphatic carbocycles. The van der Waals surface area contributed by atoms with Crippen molar-refractivity contribution in [1.82, 2.24) is 25.2 Å². The Morgan fingerprint density at radius 2 is 2.18 bits per heavy atom. The van der Waals surface area contributed by atoms with Crippen LogP contribution in [0.2, 0.25) is 0 Å². The normalized spacial score (nSPS) is 18.1. The van der Waals surface area contributed by atoms with Crippen LogP contribution in [0.3, 0.4) is 0 Å². The Bertz CT molecular complexity index is 870. The summed E-state index contributed by atoms with van der Waals surface area (Å²) in [5.74, 6) is -3.20. The van der Waals surface area contributed by atoms with Gasteiger partial charge in [0.15, 0.2) is 5.69 Å². The van der Waals surface area contributed by atoms with Crippen molar-refractivity contribution in [2.45, 2.75) is 31.4 Å². The average molecular weight is 393 g/mol. The first-order chi connectivity index (χ1) is 13.3. The van der Waals surface area contributed by atoms with E-state index in [0.29, 0.717) is 11.3 Å². The van der Waals surface area contributed by atoms with E-state index in [1.807, 2.05) is 0 Å². The molecule has 1 aliphatic rings. The van der Waals surface area contributed by atoms with Crippen molar-refractivity contribution in [2.75, 3.05) is 20.7 Å². The number of amides is 2. The minimum absolute atomic E-state index is 0.00930. The van der Waals surface area contributed by atoms with Crippen molar-refractivity contribution >= 4 is 11.8 Å². The molecule has 3 rings (SSSR count). The van der Waals surface area contributed by atoms with Crippen LogP contribution in [-0.2, 0) is 17.8 Å². The molecule has 8 nitrogen and oxygen atoms in total. The van der Waals surface area contributed by atoms with Crippen LogP contribution in [0.4, 0.5) is 8.78 Å². The first-order valence-corrected chi connectivity index (χ1v) is 8.74. The van der Waals surface area contributed by atoms with Crippen LogP contribution in [0.25, 0.3) is 0 Å². The second kappa shape index (κ2) is 7.91. The van der Waals surface area contributed by atoms with E-state index in [-0.39, 0.29) is 18.7 Å². The molecule has 0 saturated carbocycles. The topological polar surface area (TPSA) is 89.4 Å². The zero-order valence-corrected chi connectivity index (χ0v) is 15.6. The van der Waals surface area contributed by atoms with Crippen molar-refractivity contribution in [3.8, 4) is 5.75 Å². The molecule has 1 aromatic heterocycles. The Morgan fingerprint density at radius 3 is 2.89 bits per heavy atom. The van der Waals surface area contributed by atoms with Gasteiger partial charge in [0, 0.05) is 13.5 Å². The van der Waals surface area contributed by atoms with Crippen LogP contribution in [0, 0.1) is 0 Å². The minimum Gasteiger partial charge on any atom is -0.497 e. The van der Waals surface area contributed by atoms with Crippen LogP contribution >= 0.6 is 0 Å². The summed E-state index contributed by atoms with van der Waals surface area (Å²) >= 11 is 0. The van der Waals surface area contributed by atoms with E-state index >= 15 is 0 Å². The number of halogens is 2. The molecule has 1 atom stereocenters. The van der Waals surface area contributed by atoms with Gasteiger partial charge in [0.2, 0.25) is 5.91 Å². The lowest BCUT2D eigenvalue weighted by molar-refractivity contribution is -0.132. The van der Waals surface area contributed by atoms with Crippen LogP contribution in [0.1, 0.15) is 22.5 Å². The summed E-state index contributed by atoms with van der Waals surface area (Å²) in [5, 5.41) is 9.94. The molecule has 0 radical (unpaired) electrons. The van der Waals surface area contributed by atoms with Gasteiger partial charge in [-0.15, -0.1) is 5.10 Å². The Labute approximate surface area is 160 Å². The number of rotatable bonds is 6. The monoisotopic (exact) mass is 393 g/mol. The summed E-state index contributed by atoms with van der Waals surface area (Å²) in [6, 6.07) is 6.19. The summed E-state index contributed by atoms with van der Waals surface area (Å²) < 4.78 is 34.5. The molecule has 2 heterocycles. The number of aromatic nitrogens is 3. The third-order valence-electron chi connectivity index (χ3n) is 4.58. The summed E-state index contributed by atoms with van der Waals surface area (Å²) in [4.78, 5) is 25.5. The van der Waals surface area contributed by atoms with Crippen molar-refractivity contribution < 1.29 is 23.1 Å².